The first-order valence-electron chi connectivity index (χ1n) is 5.20. The molecule has 7 heteroatoms. The van der Waals surface area contributed by atoms with Crippen LogP contribution >= 0.6 is 24.4 Å². The Bertz CT molecular complexity index is 192. The van der Waals surface area contributed by atoms with E-state index in [2.05, 4.69) is 13.8 Å². The monoisotopic (exact) mass is 359 g/mol. The second-order valence-electron chi connectivity index (χ2n) is 3.37. The Hall–Kier alpha value is 0.739. The molecule has 0 fully saturated rings. The molecule has 0 aromatic heterocycles. The van der Waals surface area contributed by atoms with Gasteiger partial charge in [-0.2, -0.15) is 0 Å². The average Bonchev–Trinajstić information content (AvgIpc) is 2.19. The van der Waals surface area contributed by atoms with Gasteiger partial charge < -0.3 is 59.5 Å². The van der Waals surface area contributed by atoms with Gasteiger partial charge in [-0.1, -0.05) is 22.5 Å². The van der Waals surface area contributed by atoms with Gasteiger partial charge in [-0.15, -0.1) is 0 Å². The molecule has 105 valence electrons. The van der Waals surface area contributed by atoms with E-state index in [4.69, 9.17) is 49.7 Å². The topological polar surface area (TPSA) is 6.48 Å². The number of hydrogen-bond acceptors (Lipinski definition) is 4. The molecule has 0 aliphatic rings. The molecule has 0 unspecified atom stereocenters. The van der Waals surface area contributed by atoms with Crippen LogP contribution in [-0.2, 0) is 42.3 Å². The van der Waals surface area contributed by atoms with Crippen molar-refractivity contribution in [2.45, 2.75) is 26.7 Å². The Morgan fingerprint density at radius 1 is 0.882 bits per heavy atom. The average molecular weight is 360 g/mol. The van der Waals surface area contributed by atoms with E-state index in [1.807, 2.05) is 23.9 Å². The summed E-state index contributed by atoms with van der Waals surface area (Å²) in [5.41, 5.74) is 0. The zero-order valence-electron chi connectivity index (χ0n) is 10.7. The smallest absolute Gasteiger partial charge is 0.411 e. The summed E-state index contributed by atoms with van der Waals surface area (Å²) in [5.74, 6) is 0. The molecular weight excluding hydrogens is 340 g/mol. The summed E-state index contributed by atoms with van der Waals surface area (Å²) in [7, 11) is 3.83. The molecule has 1 radical (unpaired) electrons. The molecule has 0 amide bonds. The van der Waals surface area contributed by atoms with E-state index in [0.29, 0.717) is 8.64 Å². The summed E-state index contributed by atoms with van der Waals surface area (Å²) in [5, 5.41) is 0. The van der Waals surface area contributed by atoms with Crippen molar-refractivity contribution in [3.8, 4) is 0 Å². The molecule has 0 rings (SSSR count). The molecule has 0 saturated carbocycles. The molecule has 0 N–H and O–H groups in total. The Morgan fingerprint density at radius 3 is 1.18 bits per heavy atom. The third-order valence-electron chi connectivity index (χ3n) is 1.74. The van der Waals surface area contributed by atoms with Gasteiger partial charge in [0, 0.05) is 27.2 Å². The molecule has 0 atom stereocenters. The number of rotatable bonds is 4. The fourth-order valence-corrected chi connectivity index (χ4v) is 1.22. The van der Waals surface area contributed by atoms with E-state index < -0.39 is 0 Å². The van der Waals surface area contributed by atoms with Crippen molar-refractivity contribution in [3.05, 3.63) is 0 Å². The summed E-state index contributed by atoms with van der Waals surface area (Å²) < 4.78 is 1.12. The van der Waals surface area contributed by atoms with Crippen LogP contribution in [-0.4, -0.2) is 45.6 Å². The van der Waals surface area contributed by atoms with Crippen molar-refractivity contribution in [2.24, 2.45) is 0 Å². The van der Waals surface area contributed by atoms with Crippen LogP contribution in [0.25, 0.3) is 0 Å². The molecule has 0 aromatic carbocycles. The second kappa shape index (κ2) is 14.8. The van der Waals surface area contributed by atoms with Crippen molar-refractivity contribution in [2.75, 3.05) is 27.2 Å². The molecule has 0 spiro atoms. The normalized spacial score (nSPS) is 8.24. The van der Waals surface area contributed by atoms with Gasteiger partial charge in [0.15, 0.2) is 0 Å². The minimum Gasteiger partial charge on any atom is -0.411 e. The van der Waals surface area contributed by atoms with Crippen LogP contribution in [0, 0.1) is 0 Å². The zero-order chi connectivity index (χ0) is 13.1. The summed E-state index contributed by atoms with van der Waals surface area (Å²) >= 11 is 18.9. The van der Waals surface area contributed by atoms with E-state index in [-0.39, 0.29) is 17.1 Å². The summed E-state index contributed by atoms with van der Waals surface area (Å²) in [6.07, 6.45) is 2.21. The molecule has 0 aliphatic heterocycles. The molecular formula is C10H20CuN2S4. The van der Waals surface area contributed by atoms with Gasteiger partial charge in [-0.25, -0.2) is 0 Å². The van der Waals surface area contributed by atoms with Crippen LogP contribution in [0.1, 0.15) is 26.7 Å². The Morgan fingerprint density at radius 2 is 1.12 bits per heavy atom. The molecule has 0 saturated heterocycles. The van der Waals surface area contributed by atoms with E-state index in [1.165, 1.54) is 0 Å². The summed E-state index contributed by atoms with van der Waals surface area (Å²) in [6.45, 7) is 6.15. The molecule has 0 aromatic rings. The van der Waals surface area contributed by atoms with Gasteiger partial charge in [-0.3, -0.25) is 0 Å². The third kappa shape index (κ3) is 16.7. The summed E-state index contributed by atoms with van der Waals surface area (Å²) in [6, 6.07) is 0. The van der Waals surface area contributed by atoms with Gasteiger partial charge in [0.25, 0.3) is 0 Å². The predicted octanol–water partition coefficient (Wildman–Crippen LogP) is 2.32. The van der Waals surface area contributed by atoms with E-state index in [9.17, 15) is 0 Å². The molecule has 0 bridgehead atoms. The van der Waals surface area contributed by atoms with Crippen molar-refractivity contribution >= 4 is 58.3 Å². The van der Waals surface area contributed by atoms with Crippen molar-refractivity contribution in [3.63, 3.8) is 0 Å². The minimum absolute atomic E-state index is 0. The SMILES string of the molecule is CCCN(C)C(=S)[S-].CCCN(C)C(=S)[S-].[Cu+2]. The Balaban J connectivity index is -0.000000218. The first kappa shape index (κ1) is 22.9. The van der Waals surface area contributed by atoms with Crippen molar-refractivity contribution in [1.82, 2.24) is 9.80 Å². The maximum absolute atomic E-state index is 4.72. The van der Waals surface area contributed by atoms with Crippen LogP contribution in [0.4, 0.5) is 0 Å². The molecule has 17 heavy (non-hydrogen) atoms. The van der Waals surface area contributed by atoms with Crippen LogP contribution in [0.5, 0.6) is 0 Å². The maximum atomic E-state index is 4.72. The molecule has 2 nitrogen and oxygen atoms in total. The summed E-state index contributed by atoms with van der Waals surface area (Å²) in [4.78, 5) is 3.79. The third-order valence-corrected chi connectivity index (χ3v) is 2.99. The molecule has 0 heterocycles. The van der Waals surface area contributed by atoms with Gasteiger partial charge in [-0.05, 0) is 12.8 Å². The molecule has 0 aliphatic carbocycles. The minimum atomic E-state index is 0. The Kier molecular flexibility index (Phi) is 19.9. The van der Waals surface area contributed by atoms with Crippen LogP contribution < -0.4 is 0 Å². The Labute approximate surface area is 138 Å². The van der Waals surface area contributed by atoms with Gasteiger partial charge in [0.2, 0.25) is 0 Å². The van der Waals surface area contributed by atoms with Crippen LogP contribution in [0.15, 0.2) is 0 Å². The van der Waals surface area contributed by atoms with Gasteiger partial charge in [0.05, 0.1) is 0 Å². The number of hydrogen-bond donors (Lipinski definition) is 0. The second-order valence-corrected chi connectivity index (χ2v) is 5.44. The van der Waals surface area contributed by atoms with Crippen LogP contribution in [0.3, 0.4) is 0 Å². The zero-order valence-corrected chi connectivity index (χ0v) is 14.9. The number of thiocarbonyl (C=S) groups is 2. The predicted molar refractivity (Wildman–Crippen MR) is 85.8 cm³/mol. The first-order valence-corrected chi connectivity index (χ1v) is 6.84. The van der Waals surface area contributed by atoms with Gasteiger partial charge >= 0.3 is 17.1 Å². The van der Waals surface area contributed by atoms with Crippen molar-refractivity contribution < 1.29 is 17.1 Å². The largest absolute Gasteiger partial charge is 2.00 e. The van der Waals surface area contributed by atoms with Crippen LogP contribution in [0.2, 0.25) is 0 Å². The maximum Gasteiger partial charge on any atom is 2.00 e. The van der Waals surface area contributed by atoms with E-state index >= 15 is 0 Å². The van der Waals surface area contributed by atoms with E-state index in [0.717, 1.165) is 25.9 Å². The standard InChI is InChI=1S/2C5H11NS2.Cu/c2*1-3-4-6(2)5(7)8;/h2*3-4H2,1-2H3,(H,7,8);/q;;+2/p-2. The number of nitrogens with zero attached hydrogens (tertiary/aromatic N) is 2. The van der Waals surface area contributed by atoms with Gasteiger partial charge in [0.1, 0.15) is 0 Å². The fraction of sp³-hybridized carbons (Fsp3) is 0.800. The quantitative estimate of drug-likeness (QED) is 0.428. The first-order chi connectivity index (χ1) is 7.36. The fourth-order valence-electron chi connectivity index (χ4n) is 0.853. The van der Waals surface area contributed by atoms with E-state index in [1.54, 1.807) is 0 Å². The van der Waals surface area contributed by atoms with Crippen molar-refractivity contribution in [1.29, 1.82) is 0 Å².